The first-order chi connectivity index (χ1) is 5.68. The third-order valence-corrected chi connectivity index (χ3v) is 1.52. The highest BCUT2D eigenvalue weighted by molar-refractivity contribution is 14.1. The molecular formula is C9H9IO2. The summed E-state index contributed by atoms with van der Waals surface area (Å²) in [6.45, 7) is 4.17. The molecule has 0 radical (unpaired) electrons. The maximum absolute atomic E-state index is 9.07. The molecule has 0 unspecified atom stereocenters. The van der Waals surface area contributed by atoms with Gasteiger partial charge in [-0.2, -0.15) is 0 Å². The lowest BCUT2D eigenvalue weighted by Gasteiger charge is -2.04. The second-order valence-electron chi connectivity index (χ2n) is 2.30. The molecule has 0 aromatic heterocycles. The van der Waals surface area contributed by atoms with Crippen molar-refractivity contribution >= 4 is 22.6 Å². The molecule has 0 bridgehead atoms. The Morgan fingerprint density at radius 2 is 2.33 bits per heavy atom. The molecule has 0 saturated heterocycles. The van der Waals surface area contributed by atoms with Crippen LogP contribution in [0.25, 0.3) is 0 Å². The SMILES string of the molecule is C=C(I)COc1cccc(O)c1. The van der Waals surface area contributed by atoms with Gasteiger partial charge in [-0.05, 0) is 34.7 Å². The van der Waals surface area contributed by atoms with Crippen molar-refractivity contribution < 1.29 is 9.84 Å². The normalized spacial score (nSPS) is 9.42. The van der Waals surface area contributed by atoms with Gasteiger partial charge in [-0.1, -0.05) is 12.6 Å². The van der Waals surface area contributed by atoms with Crippen LogP contribution in [0.1, 0.15) is 0 Å². The van der Waals surface area contributed by atoms with Crippen LogP contribution in [0.2, 0.25) is 0 Å². The van der Waals surface area contributed by atoms with Gasteiger partial charge in [0.05, 0.1) is 0 Å². The Morgan fingerprint density at radius 1 is 1.58 bits per heavy atom. The van der Waals surface area contributed by atoms with E-state index in [1.807, 2.05) is 0 Å². The standard InChI is InChI=1S/C9H9IO2/c1-7(10)6-12-9-4-2-3-8(11)5-9/h2-5,11H,1,6H2. The molecule has 0 amide bonds. The third-order valence-electron chi connectivity index (χ3n) is 1.21. The van der Waals surface area contributed by atoms with Crippen molar-refractivity contribution in [2.45, 2.75) is 0 Å². The van der Waals surface area contributed by atoms with Crippen LogP contribution in [0.3, 0.4) is 0 Å². The smallest absolute Gasteiger partial charge is 0.123 e. The van der Waals surface area contributed by atoms with E-state index in [4.69, 9.17) is 9.84 Å². The van der Waals surface area contributed by atoms with Crippen LogP contribution in [-0.2, 0) is 0 Å². The Kier molecular flexibility index (Phi) is 3.40. The average Bonchev–Trinajstić information content (AvgIpc) is 2.01. The predicted molar refractivity (Wildman–Crippen MR) is 56.8 cm³/mol. The Balaban J connectivity index is 2.57. The van der Waals surface area contributed by atoms with Crippen molar-refractivity contribution in [3.8, 4) is 11.5 Å². The summed E-state index contributed by atoms with van der Waals surface area (Å²) in [6, 6.07) is 6.70. The minimum atomic E-state index is 0.214. The molecule has 0 spiro atoms. The molecule has 1 aromatic carbocycles. The van der Waals surface area contributed by atoms with Gasteiger partial charge in [0.1, 0.15) is 18.1 Å². The van der Waals surface area contributed by atoms with Gasteiger partial charge in [0.2, 0.25) is 0 Å². The van der Waals surface area contributed by atoms with E-state index >= 15 is 0 Å². The van der Waals surface area contributed by atoms with Crippen molar-refractivity contribution in [2.75, 3.05) is 6.61 Å². The molecular weight excluding hydrogens is 267 g/mol. The summed E-state index contributed by atoms with van der Waals surface area (Å²) in [5.74, 6) is 0.874. The number of rotatable bonds is 3. The van der Waals surface area contributed by atoms with E-state index in [2.05, 4.69) is 29.2 Å². The largest absolute Gasteiger partial charge is 0.508 e. The fourth-order valence-corrected chi connectivity index (χ4v) is 0.891. The fourth-order valence-electron chi connectivity index (χ4n) is 0.735. The van der Waals surface area contributed by atoms with Gasteiger partial charge < -0.3 is 9.84 Å². The number of phenols is 1. The van der Waals surface area contributed by atoms with Gasteiger partial charge in [-0.25, -0.2) is 0 Å². The molecule has 0 saturated carbocycles. The maximum Gasteiger partial charge on any atom is 0.123 e. The van der Waals surface area contributed by atoms with E-state index in [0.717, 1.165) is 3.58 Å². The summed E-state index contributed by atoms with van der Waals surface area (Å²) in [4.78, 5) is 0. The van der Waals surface area contributed by atoms with Crippen molar-refractivity contribution in [2.24, 2.45) is 0 Å². The van der Waals surface area contributed by atoms with Crippen LogP contribution < -0.4 is 4.74 Å². The van der Waals surface area contributed by atoms with E-state index in [1.54, 1.807) is 24.3 Å². The van der Waals surface area contributed by atoms with Gasteiger partial charge in [0.15, 0.2) is 0 Å². The highest BCUT2D eigenvalue weighted by Crippen LogP contribution is 2.18. The molecule has 0 heterocycles. The minimum Gasteiger partial charge on any atom is -0.508 e. The third kappa shape index (κ3) is 3.13. The number of hydrogen-bond acceptors (Lipinski definition) is 2. The Bertz CT molecular complexity index is 284. The number of benzene rings is 1. The van der Waals surface area contributed by atoms with E-state index in [9.17, 15) is 0 Å². The second-order valence-corrected chi connectivity index (χ2v) is 3.83. The number of ether oxygens (including phenoxy) is 1. The van der Waals surface area contributed by atoms with Crippen LogP contribution in [0.15, 0.2) is 34.4 Å². The Hall–Kier alpha value is -0.710. The van der Waals surface area contributed by atoms with E-state index in [-0.39, 0.29) is 5.75 Å². The van der Waals surface area contributed by atoms with E-state index < -0.39 is 0 Å². The quantitative estimate of drug-likeness (QED) is 0.860. The predicted octanol–water partition coefficient (Wildman–Crippen LogP) is 2.72. The second kappa shape index (κ2) is 4.35. The van der Waals surface area contributed by atoms with Crippen molar-refractivity contribution in [3.63, 3.8) is 0 Å². The molecule has 3 heteroatoms. The summed E-state index contributed by atoms with van der Waals surface area (Å²) < 4.78 is 6.21. The van der Waals surface area contributed by atoms with Crippen LogP contribution in [0.5, 0.6) is 11.5 Å². The van der Waals surface area contributed by atoms with Gasteiger partial charge in [0.25, 0.3) is 0 Å². The Labute approximate surface area is 85.0 Å². The lowest BCUT2D eigenvalue weighted by atomic mass is 10.3. The number of hydrogen-bond donors (Lipinski definition) is 1. The van der Waals surface area contributed by atoms with Crippen LogP contribution in [-0.4, -0.2) is 11.7 Å². The summed E-state index contributed by atoms with van der Waals surface area (Å²) >= 11 is 2.10. The zero-order chi connectivity index (χ0) is 8.97. The molecule has 0 atom stereocenters. The van der Waals surface area contributed by atoms with Gasteiger partial charge >= 0.3 is 0 Å². The van der Waals surface area contributed by atoms with Crippen molar-refractivity contribution in [1.29, 1.82) is 0 Å². The molecule has 0 aliphatic carbocycles. The summed E-state index contributed by atoms with van der Waals surface area (Å²) in [6.07, 6.45) is 0. The van der Waals surface area contributed by atoms with Crippen LogP contribution in [0.4, 0.5) is 0 Å². The first-order valence-electron chi connectivity index (χ1n) is 3.43. The number of phenolic OH excluding ortho intramolecular Hbond substituents is 1. The highest BCUT2D eigenvalue weighted by Gasteiger charge is 1.94. The minimum absolute atomic E-state index is 0.214. The summed E-state index contributed by atoms with van der Waals surface area (Å²) in [5, 5.41) is 9.07. The molecule has 0 fully saturated rings. The van der Waals surface area contributed by atoms with E-state index in [0.29, 0.717) is 12.4 Å². The molecule has 12 heavy (non-hydrogen) atoms. The van der Waals surface area contributed by atoms with Gasteiger partial charge in [0, 0.05) is 9.65 Å². The Morgan fingerprint density at radius 3 is 2.92 bits per heavy atom. The first kappa shape index (κ1) is 9.38. The van der Waals surface area contributed by atoms with Crippen LogP contribution in [0, 0.1) is 0 Å². The monoisotopic (exact) mass is 276 g/mol. The van der Waals surface area contributed by atoms with Gasteiger partial charge in [-0.3, -0.25) is 0 Å². The molecule has 1 N–H and O–H groups in total. The lowest BCUT2D eigenvalue weighted by molar-refractivity contribution is 0.358. The van der Waals surface area contributed by atoms with Gasteiger partial charge in [-0.15, -0.1) is 0 Å². The molecule has 0 aliphatic rings. The lowest BCUT2D eigenvalue weighted by Crippen LogP contribution is -1.95. The molecule has 1 rings (SSSR count). The molecule has 1 aromatic rings. The molecule has 0 aliphatic heterocycles. The van der Waals surface area contributed by atoms with Crippen molar-refractivity contribution in [1.82, 2.24) is 0 Å². The molecule has 2 nitrogen and oxygen atoms in total. The van der Waals surface area contributed by atoms with Crippen LogP contribution >= 0.6 is 22.6 Å². The highest BCUT2D eigenvalue weighted by atomic mass is 127. The zero-order valence-corrected chi connectivity index (χ0v) is 8.61. The average molecular weight is 276 g/mol. The topological polar surface area (TPSA) is 29.5 Å². The van der Waals surface area contributed by atoms with E-state index in [1.165, 1.54) is 0 Å². The molecule has 64 valence electrons. The maximum atomic E-state index is 9.07. The fraction of sp³-hybridized carbons (Fsp3) is 0.111. The van der Waals surface area contributed by atoms with Crippen molar-refractivity contribution in [3.05, 3.63) is 34.4 Å². The summed E-state index contributed by atoms with van der Waals surface area (Å²) in [5.41, 5.74) is 0. The summed E-state index contributed by atoms with van der Waals surface area (Å²) in [7, 11) is 0. The number of aromatic hydroxyl groups is 1. The zero-order valence-electron chi connectivity index (χ0n) is 6.46. The first-order valence-corrected chi connectivity index (χ1v) is 4.51. The number of halogens is 1.